The predicted octanol–water partition coefficient (Wildman–Crippen LogP) is 10.0. The third-order valence-corrected chi connectivity index (χ3v) is 92.4. The summed E-state index contributed by atoms with van der Waals surface area (Å²) >= 11 is -4.50. The molecule has 0 aliphatic rings. The fraction of sp³-hybridized carbons (Fsp3) is 0. The van der Waals surface area contributed by atoms with Crippen molar-refractivity contribution in [3.63, 3.8) is 0 Å². The van der Waals surface area contributed by atoms with Gasteiger partial charge in [-0.05, 0) is 0 Å². The molecule has 0 aliphatic carbocycles. The summed E-state index contributed by atoms with van der Waals surface area (Å²) in [7, 11) is 10.5. The fourth-order valence-electron chi connectivity index (χ4n) is 9.34. The minimum atomic E-state index is -4.50. The Balaban J connectivity index is 0.00000253. The quantitative estimate of drug-likeness (QED) is 0.0881. The van der Waals surface area contributed by atoms with Gasteiger partial charge in [-0.2, -0.15) is 0 Å². The van der Waals surface area contributed by atoms with Crippen molar-refractivity contribution in [2.75, 3.05) is 0 Å². The number of carbonyl (C=O) groups excluding carboxylic acids is 1. The van der Waals surface area contributed by atoms with Gasteiger partial charge in [-0.25, -0.2) is 0 Å². The van der Waals surface area contributed by atoms with E-state index in [4.69, 9.17) is 4.79 Å². The van der Waals surface area contributed by atoms with E-state index in [0.29, 0.717) is 0 Å². The Morgan fingerprint density at radius 1 is 0.230 bits per heavy atom. The molecule has 0 fully saturated rings. The monoisotopic (exact) mass is 956 g/mol. The average molecular weight is 956 g/mol. The van der Waals surface area contributed by atoms with Crippen molar-refractivity contribution >= 4 is 81.0 Å². The Bertz CT molecular complexity index is 2120. The number of rotatable bonds is 12. The molecule has 0 spiro atoms. The number of hydrogen-bond acceptors (Lipinski definition) is 1. The molecule has 0 radical (unpaired) electrons. The van der Waals surface area contributed by atoms with Gasteiger partial charge in [0.15, 0.2) is 0 Å². The van der Waals surface area contributed by atoms with Crippen LogP contribution >= 0.6 is 26.5 Å². The molecule has 0 unspecified atom stereocenters. The molecule has 61 heavy (non-hydrogen) atoms. The number of halogens is 1. The molecule has 0 atom stereocenters. The number of carbonyl (C=O) groups is 1. The average Bonchev–Trinajstić information content (AvgIpc) is 3.36. The molecule has 9 aromatic rings. The van der Waals surface area contributed by atoms with E-state index in [0.717, 1.165) is 0 Å². The van der Waals surface area contributed by atoms with Gasteiger partial charge in [0.2, 0.25) is 0 Å². The zero-order valence-corrected chi connectivity index (χ0v) is 39.3. The number of benzene rings is 9. The van der Waals surface area contributed by atoms with Gasteiger partial charge in [0.25, 0.3) is 0 Å². The molecular weight excluding hydrogens is 906 g/mol. The normalized spacial score (nSPS) is 13.9. The number of hydrogen-bond donors (Lipinski definition) is 0. The zero-order chi connectivity index (χ0) is 42.0. The SMILES string of the molecule is C=O.[Cl][Ru]([PH](c1ccccc1)(c1ccccc1)c1ccccc1)([PH](c1ccccc1)(c1ccccc1)c1ccccc1)[PH](c1ccccc1)(c1ccccc1)c1ccccc1. The maximum atomic E-state index is 10.5. The summed E-state index contributed by atoms with van der Waals surface area (Å²) in [5.41, 5.74) is -10.5. The molecule has 1 nitrogen and oxygen atoms in total. The van der Waals surface area contributed by atoms with Gasteiger partial charge in [0.1, 0.15) is 6.79 Å². The van der Waals surface area contributed by atoms with E-state index < -0.39 is 29.1 Å². The van der Waals surface area contributed by atoms with Gasteiger partial charge >= 0.3 is 360 Å². The van der Waals surface area contributed by atoms with Crippen molar-refractivity contribution in [1.82, 2.24) is 0 Å². The summed E-state index contributed by atoms with van der Waals surface area (Å²) in [5.74, 6) is 0. The van der Waals surface area contributed by atoms with Gasteiger partial charge < -0.3 is 4.79 Å². The van der Waals surface area contributed by atoms with Crippen LogP contribution in [0.3, 0.4) is 0 Å². The van der Waals surface area contributed by atoms with Crippen LogP contribution in [-0.2, 0) is 17.1 Å². The molecule has 9 aromatic carbocycles. The van der Waals surface area contributed by atoms with Crippen LogP contribution in [-0.4, -0.2) is 6.79 Å². The summed E-state index contributed by atoms with van der Waals surface area (Å²) in [6.07, 6.45) is 0. The second kappa shape index (κ2) is 19.3. The summed E-state index contributed by atoms with van der Waals surface area (Å²) < 4.78 is 0. The van der Waals surface area contributed by atoms with E-state index >= 15 is 0 Å². The van der Waals surface area contributed by atoms with Crippen LogP contribution in [0.25, 0.3) is 0 Å². The summed E-state index contributed by atoms with van der Waals surface area (Å²) in [6.45, 7) is 2.00. The van der Waals surface area contributed by atoms with Crippen LogP contribution in [0.15, 0.2) is 273 Å². The van der Waals surface area contributed by atoms with Crippen molar-refractivity contribution in [1.29, 1.82) is 0 Å². The standard InChI is InChI=1S/3C18H15P.CH2O.ClH.Ru/c3*1-4-10-16(11-5-1)19(17-12-6-2-7-13-17)18-14-8-3-9-15-18;1-2;;/h3*1-15H;1H2;1H;/q;;;;;-2/p+2. The fourth-order valence-corrected chi connectivity index (χ4v) is 123. The van der Waals surface area contributed by atoms with Crippen molar-refractivity contribution in [2.45, 2.75) is 0 Å². The van der Waals surface area contributed by atoms with Crippen LogP contribution in [0.1, 0.15) is 0 Å². The maximum absolute atomic E-state index is 10.5. The van der Waals surface area contributed by atoms with E-state index in [1.807, 2.05) is 6.79 Å². The van der Waals surface area contributed by atoms with E-state index in [1.165, 1.54) is 47.7 Å². The van der Waals surface area contributed by atoms with Crippen molar-refractivity contribution < 1.29 is 17.1 Å². The Labute approximate surface area is 368 Å². The second-order valence-corrected chi connectivity index (χ2v) is 59.8. The molecule has 0 aromatic heterocycles. The van der Waals surface area contributed by atoms with E-state index in [-0.39, 0.29) is 0 Å². The van der Waals surface area contributed by atoms with Gasteiger partial charge in [0.05, 0.1) is 0 Å². The summed E-state index contributed by atoms with van der Waals surface area (Å²) in [4.78, 5) is 8.00. The molecule has 9 rings (SSSR count). The minimum absolute atomic E-state index is 1.36. The molecule has 306 valence electrons. The van der Waals surface area contributed by atoms with Crippen LogP contribution in [0.2, 0.25) is 0 Å². The summed E-state index contributed by atoms with van der Waals surface area (Å²) in [5, 5.41) is 12.2. The van der Waals surface area contributed by atoms with E-state index in [1.54, 1.807) is 0 Å². The Morgan fingerprint density at radius 2 is 0.328 bits per heavy atom. The first-order chi connectivity index (χ1) is 30.2. The first-order valence-electron chi connectivity index (χ1n) is 20.4. The molecule has 0 saturated heterocycles. The predicted molar refractivity (Wildman–Crippen MR) is 273 cm³/mol. The molecule has 0 amide bonds. The Hall–Kier alpha value is -5.15. The Kier molecular flexibility index (Phi) is 13.4. The van der Waals surface area contributed by atoms with E-state index in [2.05, 4.69) is 273 Å². The van der Waals surface area contributed by atoms with Gasteiger partial charge in [-0.3, -0.25) is 0 Å². The second-order valence-electron chi connectivity index (χ2n) is 14.7. The topological polar surface area (TPSA) is 17.1 Å². The molecular formula is C55H50ClOP3Ru. The van der Waals surface area contributed by atoms with Crippen LogP contribution in [0.4, 0.5) is 0 Å². The molecule has 0 aliphatic heterocycles. The summed E-state index contributed by atoms with van der Waals surface area (Å²) in [6, 6.07) is 104. The first kappa shape index (κ1) is 42.5. The Morgan fingerprint density at radius 3 is 0.426 bits per heavy atom. The molecule has 0 heterocycles. The molecule has 6 heteroatoms. The molecule has 0 saturated carbocycles. The zero-order valence-electron chi connectivity index (χ0n) is 33.8. The van der Waals surface area contributed by atoms with Crippen LogP contribution < -0.4 is 47.7 Å². The van der Waals surface area contributed by atoms with Crippen molar-refractivity contribution in [2.24, 2.45) is 0 Å². The van der Waals surface area contributed by atoms with Crippen LogP contribution in [0.5, 0.6) is 0 Å². The third-order valence-electron chi connectivity index (χ3n) is 11.6. The molecule has 0 N–H and O–H groups in total. The van der Waals surface area contributed by atoms with Gasteiger partial charge in [-0.1, -0.05) is 0 Å². The van der Waals surface area contributed by atoms with E-state index in [9.17, 15) is 9.69 Å². The van der Waals surface area contributed by atoms with Crippen molar-refractivity contribution in [3.8, 4) is 0 Å². The molecule has 0 bridgehead atoms. The van der Waals surface area contributed by atoms with Gasteiger partial charge in [-0.15, -0.1) is 0 Å². The van der Waals surface area contributed by atoms with Gasteiger partial charge in [0, 0.05) is 0 Å². The third kappa shape index (κ3) is 7.01. The first-order valence-corrected chi connectivity index (χ1v) is 36.0. The van der Waals surface area contributed by atoms with Crippen molar-refractivity contribution in [3.05, 3.63) is 273 Å². The van der Waals surface area contributed by atoms with Crippen LogP contribution in [0, 0.1) is 0 Å².